The van der Waals surface area contributed by atoms with Gasteiger partial charge in [0, 0.05) is 6.42 Å². The Bertz CT molecular complexity index is 443. The maximum Gasteiger partial charge on any atom is 0.226 e. The molecule has 4 nitrogen and oxygen atoms in total. The van der Waals surface area contributed by atoms with E-state index in [0.717, 1.165) is 12.3 Å². The van der Waals surface area contributed by atoms with Gasteiger partial charge in [-0.1, -0.05) is 43.4 Å². The van der Waals surface area contributed by atoms with Gasteiger partial charge in [0.1, 0.15) is 10.9 Å². The van der Waals surface area contributed by atoms with Crippen molar-refractivity contribution < 1.29 is 4.79 Å². The third kappa shape index (κ3) is 3.81. The Morgan fingerprint density at radius 2 is 2.28 bits per heavy atom. The molecule has 0 saturated heterocycles. The van der Waals surface area contributed by atoms with E-state index in [-0.39, 0.29) is 5.91 Å². The Morgan fingerprint density at radius 3 is 2.94 bits per heavy atom. The predicted molar refractivity (Wildman–Crippen MR) is 71.3 cm³/mol. The van der Waals surface area contributed by atoms with Crippen LogP contribution in [0.25, 0.3) is 0 Å². The van der Waals surface area contributed by atoms with Crippen molar-refractivity contribution in [3.63, 3.8) is 0 Å². The zero-order valence-corrected chi connectivity index (χ0v) is 11.1. The van der Waals surface area contributed by atoms with Gasteiger partial charge in [-0.15, -0.1) is 0 Å². The van der Waals surface area contributed by atoms with Crippen molar-refractivity contribution in [1.29, 1.82) is 5.26 Å². The van der Waals surface area contributed by atoms with Crippen LogP contribution in [0.1, 0.15) is 49.8 Å². The van der Waals surface area contributed by atoms with E-state index < -0.39 is 0 Å². The average Bonchev–Trinajstić information content (AvgIpc) is 2.85. The maximum atomic E-state index is 11.7. The Morgan fingerprint density at radius 1 is 1.50 bits per heavy atom. The highest BCUT2D eigenvalue weighted by Crippen LogP contribution is 2.27. The quantitative estimate of drug-likeness (QED) is 0.906. The number of rotatable bonds is 4. The highest BCUT2D eigenvalue weighted by Gasteiger charge is 2.15. The number of hydrogen-bond donors (Lipinski definition) is 1. The van der Waals surface area contributed by atoms with Crippen molar-refractivity contribution in [2.24, 2.45) is 5.92 Å². The van der Waals surface area contributed by atoms with Crippen LogP contribution in [0.15, 0.2) is 6.20 Å². The van der Waals surface area contributed by atoms with E-state index >= 15 is 0 Å². The van der Waals surface area contributed by atoms with E-state index in [0.29, 0.717) is 16.4 Å². The number of carbonyl (C=O) groups excluding carboxylic acids is 1. The summed E-state index contributed by atoms with van der Waals surface area (Å²) < 4.78 is 0. The van der Waals surface area contributed by atoms with Gasteiger partial charge in [-0.2, -0.15) is 5.26 Å². The Labute approximate surface area is 111 Å². The Balaban J connectivity index is 1.73. The minimum atomic E-state index is 0.0133. The van der Waals surface area contributed by atoms with Gasteiger partial charge in [-0.3, -0.25) is 4.79 Å². The molecule has 5 heteroatoms. The van der Waals surface area contributed by atoms with Gasteiger partial charge >= 0.3 is 0 Å². The summed E-state index contributed by atoms with van der Waals surface area (Å²) in [5, 5.41) is 11.9. The Hall–Kier alpha value is -1.41. The second kappa shape index (κ2) is 6.50. The molecule has 1 saturated carbocycles. The minimum absolute atomic E-state index is 0.0133. The summed E-state index contributed by atoms with van der Waals surface area (Å²) >= 11 is 1.22. The lowest BCUT2D eigenvalue weighted by atomic mass is 9.86. The first-order valence-corrected chi connectivity index (χ1v) is 7.25. The molecule has 1 aliphatic carbocycles. The number of nitrogens with zero attached hydrogens (tertiary/aromatic N) is 2. The topological polar surface area (TPSA) is 65.8 Å². The number of thiazole rings is 1. The molecule has 1 aromatic heterocycles. The zero-order valence-electron chi connectivity index (χ0n) is 10.3. The highest BCUT2D eigenvalue weighted by molar-refractivity contribution is 7.16. The van der Waals surface area contributed by atoms with Gasteiger partial charge < -0.3 is 5.32 Å². The summed E-state index contributed by atoms with van der Waals surface area (Å²) in [7, 11) is 0. The van der Waals surface area contributed by atoms with E-state index in [9.17, 15) is 4.79 Å². The van der Waals surface area contributed by atoms with Crippen LogP contribution in [0.3, 0.4) is 0 Å². The van der Waals surface area contributed by atoms with E-state index in [1.807, 2.05) is 6.07 Å². The second-order valence-electron chi connectivity index (χ2n) is 4.73. The molecule has 0 aromatic carbocycles. The molecule has 96 valence electrons. The summed E-state index contributed by atoms with van der Waals surface area (Å²) in [4.78, 5) is 16.2. The molecule has 0 radical (unpaired) electrons. The van der Waals surface area contributed by atoms with E-state index in [1.165, 1.54) is 49.6 Å². The van der Waals surface area contributed by atoms with Crippen molar-refractivity contribution in [3.05, 3.63) is 11.1 Å². The van der Waals surface area contributed by atoms with Crippen LogP contribution in [-0.4, -0.2) is 10.9 Å². The van der Waals surface area contributed by atoms with E-state index in [4.69, 9.17) is 5.26 Å². The lowest BCUT2D eigenvalue weighted by molar-refractivity contribution is -0.116. The SMILES string of the molecule is N#Cc1cnc(NC(=O)CCC2CCCCC2)s1. The fraction of sp³-hybridized carbons (Fsp3) is 0.615. The van der Waals surface area contributed by atoms with Crippen molar-refractivity contribution in [2.75, 3.05) is 5.32 Å². The number of anilines is 1. The lowest BCUT2D eigenvalue weighted by Gasteiger charge is -2.20. The second-order valence-corrected chi connectivity index (χ2v) is 5.76. The van der Waals surface area contributed by atoms with Gasteiger partial charge in [0.25, 0.3) is 0 Å². The molecule has 18 heavy (non-hydrogen) atoms. The smallest absolute Gasteiger partial charge is 0.226 e. The lowest BCUT2D eigenvalue weighted by Crippen LogP contribution is -2.14. The monoisotopic (exact) mass is 263 g/mol. The van der Waals surface area contributed by atoms with E-state index in [2.05, 4.69) is 10.3 Å². The van der Waals surface area contributed by atoms with Crippen LogP contribution in [0.2, 0.25) is 0 Å². The van der Waals surface area contributed by atoms with Crippen molar-refractivity contribution in [3.8, 4) is 6.07 Å². The van der Waals surface area contributed by atoms with Gasteiger partial charge in [-0.25, -0.2) is 4.98 Å². The fourth-order valence-electron chi connectivity index (χ4n) is 2.38. The third-order valence-electron chi connectivity index (χ3n) is 3.37. The van der Waals surface area contributed by atoms with E-state index in [1.54, 1.807) is 0 Å². The molecule has 1 aromatic rings. The number of nitriles is 1. The number of carbonyl (C=O) groups is 1. The first-order valence-electron chi connectivity index (χ1n) is 6.43. The summed E-state index contributed by atoms with van der Waals surface area (Å²) in [6, 6.07) is 2.01. The molecular formula is C13H17N3OS. The number of nitrogens with one attached hydrogen (secondary N) is 1. The van der Waals surface area contributed by atoms with Crippen molar-refractivity contribution in [2.45, 2.75) is 44.9 Å². The molecule has 2 rings (SSSR count). The molecule has 1 fully saturated rings. The average molecular weight is 263 g/mol. The Kier molecular flexibility index (Phi) is 4.71. The third-order valence-corrected chi connectivity index (χ3v) is 4.18. The van der Waals surface area contributed by atoms with Gasteiger partial charge in [0.2, 0.25) is 5.91 Å². The number of hydrogen-bond acceptors (Lipinski definition) is 4. The normalized spacial score (nSPS) is 16.2. The van der Waals surface area contributed by atoms with Gasteiger partial charge in [0.05, 0.1) is 6.20 Å². The molecule has 0 spiro atoms. The molecular weight excluding hydrogens is 246 g/mol. The molecule has 0 unspecified atom stereocenters. The van der Waals surface area contributed by atoms with Crippen LogP contribution in [0.5, 0.6) is 0 Å². The zero-order chi connectivity index (χ0) is 12.8. The highest BCUT2D eigenvalue weighted by atomic mass is 32.1. The molecule has 1 amide bonds. The predicted octanol–water partition coefficient (Wildman–Crippen LogP) is 3.31. The molecule has 0 bridgehead atoms. The summed E-state index contributed by atoms with van der Waals surface area (Å²) in [5.74, 6) is 0.731. The number of amides is 1. The van der Waals surface area contributed by atoms with Crippen LogP contribution in [0, 0.1) is 17.2 Å². The van der Waals surface area contributed by atoms with Crippen molar-refractivity contribution >= 4 is 22.4 Å². The van der Waals surface area contributed by atoms with Crippen LogP contribution < -0.4 is 5.32 Å². The molecule has 1 heterocycles. The van der Waals surface area contributed by atoms with Gasteiger partial charge in [0.15, 0.2) is 5.13 Å². The summed E-state index contributed by atoms with van der Waals surface area (Å²) in [6.45, 7) is 0. The van der Waals surface area contributed by atoms with Gasteiger partial charge in [-0.05, 0) is 12.3 Å². The number of aromatic nitrogens is 1. The fourth-order valence-corrected chi connectivity index (χ4v) is 3.01. The largest absolute Gasteiger partial charge is 0.302 e. The van der Waals surface area contributed by atoms with Crippen LogP contribution in [-0.2, 0) is 4.79 Å². The summed E-state index contributed by atoms with van der Waals surface area (Å²) in [5.41, 5.74) is 0. The molecule has 1 aliphatic rings. The molecule has 0 atom stereocenters. The van der Waals surface area contributed by atoms with Crippen molar-refractivity contribution in [1.82, 2.24) is 4.98 Å². The first-order chi connectivity index (χ1) is 8.78. The maximum absolute atomic E-state index is 11.7. The first kappa shape index (κ1) is 13.0. The standard InChI is InChI=1S/C13H17N3OS/c14-8-11-9-15-13(18-11)16-12(17)7-6-10-4-2-1-3-5-10/h9-10H,1-7H2,(H,15,16,17). The summed E-state index contributed by atoms with van der Waals surface area (Å²) in [6.07, 6.45) is 9.52. The molecule has 0 aliphatic heterocycles. The van der Waals surface area contributed by atoms with Crippen LogP contribution >= 0.6 is 11.3 Å². The molecule has 1 N–H and O–H groups in total. The minimum Gasteiger partial charge on any atom is -0.302 e. The van der Waals surface area contributed by atoms with Crippen LogP contribution in [0.4, 0.5) is 5.13 Å².